The molecular formula is C5H13NO2. The maximum atomic E-state index is 8.47. The molecular weight excluding hydrogens is 106 g/mol. The van der Waals surface area contributed by atoms with E-state index < -0.39 is 0 Å². The predicted molar refractivity (Wildman–Crippen MR) is 31.6 cm³/mol. The van der Waals surface area contributed by atoms with Crippen molar-refractivity contribution in [3.63, 3.8) is 0 Å². The molecule has 3 nitrogen and oxygen atoms in total. The van der Waals surface area contributed by atoms with Gasteiger partial charge in [0.1, 0.15) is 6.23 Å². The van der Waals surface area contributed by atoms with Crippen LogP contribution in [0.5, 0.6) is 0 Å². The van der Waals surface area contributed by atoms with Crippen molar-refractivity contribution in [2.45, 2.75) is 13.2 Å². The van der Waals surface area contributed by atoms with Crippen LogP contribution in [0.15, 0.2) is 0 Å². The lowest BCUT2D eigenvalue weighted by molar-refractivity contribution is 0.0266. The first-order valence-electron chi connectivity index (χ1n) is 2.72. The highest BCUT2D eigenvalue weighted by molar-refractivity contribution is 4.47. The molecule has 1 atom stereocenters. The fraction of sp³-hybridized carbons (Fsp3) is 1.00. The van der Waals surface area contributed by atoms with Gasteiger partial charge in [-0.1, -0.05) is 6.92 Å². The van der Waals surface area contributed by atoms with E-state index >= 15 is 0 Å². The van der Waals surface area contributed by atoms with Gasteiger partial charge >= 0.3 is 0 Å². The van der Waals surface area contributed by atoms with E-state index in [1.807, 2.05) is 6.92 Å². The maximum Gasteiger partial charge on any atom is 0.131 e. The number of hydrogen-bond donors (Lipinski definition) is 2. The van der Waals surface area contributed by atoms with E-state index in [4.69, 9.17) is 9.84 Å². The Labute approximate surface area is 49.7 Å². The standard InChI is InChI=1S/C5H13NO2/c1-3-6-5(4-7)8-2/h5-7H,3-4H2,1-2H3. The van der Waals surface area contributed by atoms with Crippen molar-refractivity contribution in [2.24, 2.45) is 0 Å². The molecule has 0 fully saturated rings. The van der Waals surface area contributed by atoms with Gasteiger partial charge < -0.3 is 9.84 Å². The Morgan fingerprint density at radius 2 is 2.38 bits per heavy atom. The van der Waals surface area contributed by atoms with Crippen LogP contribution in [0, 0.1) is 0 Å². The highest BCUT2D eigenvalue weighted by Crippen LogP contribution is 1.78. The molecule has 2 N–H and O–H groups in total. The molecule has 0 rings (SSSR count). The van der Waals surface area contributed by atoms with Gasteiger partial charge in [0, 0.05) is 7.11 Å². The summed E-state index contributed by atoms with van der Waals surface area (Å²) in [5.41, 5.74) is 0. The van der Waals surface area contributed by atoms with E-state index in [9.17, 15) is 0 Å². The van der Waals surface area contributed by atoms with Gasteiger partial charge in [0.05, 0.1) is 6.61 Å². The van der Waals surface area contributed by atoms with Crippen molar-refractivity contribution in [2.75, 3.05) is 20.3 Å². The fourth-order valence-corrected chi connectivity index (χ4v) is 0.450. The molecule has 0 saturated carbocycles. The summed E-state index contributed by atoms with van der Waals surface area (Å²) in [6.45, 7) is 2.81. The van der Waals surface area contributed by atoms with E-state index in [1.54, 1.807) is 7.11 Å². The van der Waals surface area contributed by atoms with Gasteiger partial charge in [-0.3, -0.25) is 5.32 Å². The van der Waals surface area contributed by atoms with Crippen LogP contribution in [0.2, 0.25) is 0 Å². The van der Waals surface area contributed by atoms with Crippen molar-refractivity contribution < 1.29 is 9.84 Å². The second-order valence-electron chi connectivity index (χ2n) is 1.46. The summed E-state index contributed by atoms with van der Waals surface area (Å²) in [5, 5.41) is 11.4. The molecule has 0 spiro atoms. The highest BCUT2D eigenvalue weighted by Gasteiger charge is 1.98. The van der Waals surface area contributed by atoms with Crippen LogP contribution in [0.3, 0.4) is 0 Å². The van der Waals surface area contributed by atoms with Crippen molar-refractivity contribution in [1.82, 2.24) is 5.32 Å². The Bertz CT molecular complexity index is 45.7. The molecule has 0 aromatic rings. The lowest BCUT2D eigenvalue weighted by atomic mass is 10.6. The Morgan fingerprint density at radius 3 is 2.50 bits per heavy atom. The number of likely N-dealkylation sites (N-methyl/N-ethyl adjacent to an activating group) is 1. The smallest absolute Gasteiger partial charge is 0.131 e. The van der Waals surface area contributed by atoms with Gasteiger partial charge in [-0.05, 0) is 6.54 Å². The van der Waals surface area contributed by atoms with Crippen LogP contribution in [-0.2, 0) is 4.74 Å². The molecule has 0 aromatic heterocycles. The summed E-state index contributed by atoms with van der Waals surface area (Å²) in [6.07, 6.45) is -0.194. The van der Waals surface area contributed by atoms with E-state index in [0.29, 0.717) is 0 Å². The predicted octanol–water partition coefficient (Wildman–Crippen LogP) is -0.439. The number of rotatable bonds is 4. The van der Waals surface area contributed by atoms with E-state index in [0.717, 1.165) is 6.54 Å². The summed E-state index contributed by atoms with van der Waals surface area (Å²) in [5.74, 6) is 0. The minimum absolute atomic E-state index is 0.0321. The minimum Gasteiger partial charge on any atom is -0.392 e. The molecule has 0 aliphatic heterocycles. The van der Waals surface area contributed by atoms with Crippen molar-refractivity contribution in [3.05, 3.63) is 0 Å². The summed E-state index contributed by atoms with van der Waals surface area (Å²) < 4.78 is 4.78. The third-order valence-corrected chi connectivity index (χ3v) is 0.882. The summed E-state index contributed by atoms with van der Waals surface area (Å²) in [4.78, 5) is 0. The molecule has 3 heteroatoms. The minimum atomic E-state index is -0.194. The Kier molecular flexibility index (Phi) is 4.95. The zero-order chi connectivity index (χ0) is 6.41. The summed E-state index contributed by atoms with van der Waals surface area (Å²) in [6, 6.07) is 0. The zero-order valence-electron chi connectivity index (χ0n) is 5.35. The second kappa shape index (κ2) is 5.03. The lowest BCUT2D eigenvalue weighted by Gasteiger charge is -2.11. The Balaban J connectivity index is 3.07. The van der Waals surface area contributed by atoms with Crippen molar-refractivity contribution >= 4 is 0 Å². The fourth-order valence-electron chi connectivity index (χ4n) is 0.450. The van der Waals surface area contributed by atoms with Crippen molar-refractivity contribution in [3.8, 4) is 0 Å². The second-order valence-corrected chi connectivity index (χ2v) is 1.46. The SMILES string of the molecule is CCNC(CO)OC. The Morgan fingerprint density at radius 1 is 1.75 bits per heavy atom. The summed E-state index contributed by atoms with van der Waals surface area (Å²) >= 11 is 0. The van der Waals surface area contributed by atoms with Crippen LogP contribution in [0.25, 0.3) is 0 Å². The Hall–Kier alpha value is -0.120. The largest absolute Gasteiger partial charge is 0.392 e. The normalized spacial score (nSPS) is 13.9. The van der Waals surface area contributed by atoms with E-state index in [2.05, 4.69) is 5.32 Å². The average Bonchev–Trinajstić information content (AvgIpc) is 1.83. The number of methoxy groups -OCH3 is 1. The van der Waals surface area contributed by atoms with Gasteiger partial charge in [0.2, 0.25) is 0 Å². The number of aliphatic hydroxyl groups excluding tert-OH is 1. The zero-order valence-corrected chi connectivity index (χ0v) is 5.35. The molecule has 1 unspecified atom stereocenters. The van der Waals surface area contributed by atoms with Crippen LogP contribution in [-0.4, -0.2) is 31.6 Å². The third-order valence-electron chi connectivity index (χ3n) is 0.882. The molecule has 0 aliphatic rings. The van der Waals surface area contributed by atoms with Crippen LogP contribution in [0.4, 0.5) is 0 Å². The molecule has 8 heavy (non-hydrogen) atoms. The summed E-state index contributed by atoms with van der Waals surface area (Å²) in [7, 11) is 1.56. The molecule has 0 aromatic carbocycles. The van der Waals surface area contributed by atoms with E-state index in [-0.39, 0.29) is 12.8 Å². The first-order valence-corrected chi connectivity index (χ1v) is 2.72. The molecule has 0 heterocycles. The molecule has 0 aliphatic carbocycles. The van der Waals surface area contributed by atoms with Gasteiger partial charge in [0.25, 0.3) is 0 Å². The average molecular weight is 119 g/mol. The van der Waals surface area contributed by atoms with Crippen LogP contribution in [0.1, 0.15) is 6.92 Å². The van der Waals surface area contributed by atoms with Crippen LogP contribution >= 0.6 is 0 Å². The monoisotopic (exact) mass is 119 g/mol. The van der Waals surface area contributed by atoms with Gasteiger partial charge in [-0.2, -0.15) is 0 Å². The van der Waals surface area contributed by atoms with Crippen LogP contribution < -0.4 is 5.32 Å². The van der Waals surface area contributed by atoms with Crippen molar-refractivity contribution in [1.29, 1.82) is 0 Å². The molecule has 0 saturated heterocycles. The quantitative estimate of drug-likeness (QED) is 0.493. The lowest BCUT2D eigenvalue weighted by Crippen LogP contribution is -2.33. The topological polar surface area (TPSA) is 41.5 Å². The number of nitrogens with one attached hydrogen (secondary N) is 1. The van der Waals surface area contributed by atoms with Gasteiger partial charge in [0.15, 0.2) is 0 Å². The molecule has 50 valence electrons. The van der Waals surface area contributed by atoms with Gasteiger partial charge in [-0.25, -0.2) is 0 Å². The highest BCUT2D eigenvalue weighted by atomic mass is 16.5. The van der Waals surface area contributed by atoms with Gasteiger partial charge in [-0.15, -0.1) is 0 Å². The maximum absolute atomic E-state index is 8.47. The molecule has 0 bridgehead atoms. The first kappa shape index (κ1) is 7.88. The number of hydrogen-bond acceptors (Lipinski definition) is 3. The number of ether oxygens (including phenoxy) is 1. The van der Waals surface area contributed by atoms with E-state index in [1.165, 1.54) is 0 Å². The number of aliphatic hydroxyl groups is 1. The molecule has 0 radical (unpaired) electrons. The molecule has 0 amide bonds. The third kappa shape index (κ3) is 2.96. The first-order chi connectivity index (χ1) is 3.85.